The lowest BCUT2D eigenvalue weighted by Crippen LogP contribution is -2.31. The van der Waals surface area contributed by atoms with E-state index < -0.39 is 11.7 Å². The molecule has 0 aliphatic carbocycles. The lowest BCUT2D eigenvalue weighted by atomic mass is 10.0. The maximum Gasteiger partial charge on any atom is 0.261 e. The zero-order chi connectivity index (χ0) is 18.0. The summed E-state index contributed by atoms with van der Waals surface area (Å²) >= 11 is 6.03. The van der Waals surface area contributed by atoms with Gasteiger partial charge in [0.2, 0.25) is 0 Å². The van der Waals surface area contributed by atoms with Gasteiger partial charge in [-0.3, -0.25) is 9.59 Å². The second kappa shape index (κ2) is 7.27. The molecule has 1 aliphatic heterocycles. The molecule has 1 aliphatic rings. The van der Waals surface area contributed by atoms with Crippen LogP contribution >= 0.6 is 11.6 Å². The maximum atomic E-state index is 13.4. The van der Waals surface area contributed by atoms with E-state index in [1.165, 1.54) is 18.2 Å². The lowest BCUT2D eigenvalue weighted by molar-refractivity contribution is 0.102. The number of carbonyl (C=O) groups is 1. The average Bonchev–Trinajstić information content (AvgIpc) is 2.58. The summed E-state index contributed by atoms with van der Waals surface area (Å²) in [5.41, 5.74) is 0.946. The van der Waals surface area contributed by atoms with Gasteiger partial charge >= 0.3 is 0 Å². The Labute approximate surface area is 149 Å². The minimum atomic E-state index is -0.504. The Morgan fingerprint density at radius 1 is 1.36 bits per heavy atom. The number of hydrogen-bond acceptors (Lipinski definition) is 3. The molecule has 0 bridgehead atoms. The number of benzene rings is 1. The Hall–Kier alpha value is -2.34. The number of halogens is 2. The van der Waals surface area contributed by atoms with Gasteiger partial charge in [0.1, 0.15) is 17.1 Å². The van der Waals surface area contributed by atoms with E-state index in [1.54, 1.807) is 11.5 Å². The molecule has 0 unspecified atom stereocenters. The average molecular weight is 365 g/mol. The molecule has 2 heterocycles. The Kier molecular flexibility index (Phi) is 5.08. The molecule has 1 amide bonds. The fourth-order valence-electron chi connectivity index (χ4n) is 3.03. The highest BCUT2D eigenvalue weighted by Crippen LogP contribution is 2.28. The zero-order valence-corrected chi connectivity index (χ0v) is 14.5. The van der Waals surface area contributed by atoms with Crippen molar-refractivity contribution in [1.29, 1.82) is 0 Å². The SMILES string of the molecule is CCOc1cc(=O)n2c(c1C(=O)Nc1cc(F)ccc1Cl)CCCC2. The van der Waals surface area contributed by atoms with Crippen LogP contribution in [0.4, 0.5) is 10.1 Å². The number of nitrogens with zero attached hydrogens (tertiary/aromatic N) is 1. The van der Waals surface area contributed by atoms with E-state index in [-0.39, 0.29) is 22.0 Å². The first-order valence-corrected chi connectivity index (χ1v) is 8.55. The van der Waals surface area contributed by atoms with Crippen LogP contribution in [-0.4, -0.2) is 17.1 Å². The Morgan fingerprint density at radius 3 is 2.92 bits per heavy atom. The van der Waals surface area contributed by atoms with Gasteiger partial charge in [-0.2, -0.15) is 0 Å². The minimum absolute atomic E-state index is 0.176. The molecule has 0 saturated heterocycles. The van der Waals surface area contributed by atoms with Gasteiger partial charge in [-0.15, -0.1) is 0 Å². The van der Waals surface area contributed by atoms with Crippen LogP contribution in [0.25, 0.3) is 0 Å². The molecule has 0 atom stereocenters. The van der Waals surface area contributed by atoms with Crippen molar-refractivity contribution in [1.82, 2.24) is 4.57 Å². The molecule has 1 aromatic carbocycles. The number of carbonyl (C=O) groups excluding carboxylic acids is 1. The summed E-state index contributed by atoms with van der Waals surface area (Å²) in [5, 5.41) is 2.86. The number of rotatable bonds is 4. The second-order valence-corrected chi connectivity index (χ2v) is 6.20. The van der Waals surface area contributed by atoms with Crippen LogP contribution in [0.2, 0.25) is 5.02 Å². The first kappa shape index (κ1) is 17.5. The summed E-state index contributed by atoms with van der Waals surface area (Å²) in [4.78, 5) is 25.1. The number of hydrogen-bond donors (Lipinski definition) is 1. The summed E-state index contributed by atoms with van der Waals surface area (Å²) in [5.74, 6) is -0.733. The largest absolute Gasteiger partial charge is 0.493 e. The number of pyridine rings is 1. The molecular weight excluding hydrogens is 347 g/mol. The molecule has 5 nitrogen and oxygen atoms in total. The number of ether oxygens (including phenoxy) is 1. The summed E-state index contributed by atoms with van der Waals surface area (Å²) in [6.45, 7) is 2.67. The molecule has 3 rings (SSSR count). The van der Waals surface area contributed by atoms with Crippen molar-refractivity contribution >= 4 is 23.2 Å². The van der Waals surface area contributed by atoms with E-state index in [0.29, 0.717) is 30.8 Å². The molecule has 0 saturated carbocycles. The van der Waals surface area contributed by atoms with Crippen molar-refractivity contribution in [2.45, 2.75) is 32.7 Å². The smallest absolute Gasteiger partial charge is 0.261 e. The molecule has 1 aromatic heterocycles. The molecule has 132 valence electrons. The molecule has 0 spiro atoms. The highest BCUT2D eigenvalue weighted by molar-refractivity contribution is 6.34. The van der Waals surface area contributed by atoms with Crippen molar-refractivity contribution in [3.8, 4) is 5.75 Å². The van der Waals surface area contributed by atoms with E-state index in [9.17, 15) is 14.0 Å². The Balaban J connectivity index is 2.06. The van der Waals surface area contributed by atoms with Gasteiger partial charge in [-0.25, -0.2) is 4.39 Å². The van der Waals surface area contributed by atoms with E-state index >= 15 is 0 Å². The number of aromatic nitrogens is 1. The molecule has 25 heavy (non-hydrogen) atoms. The van der Waals surface area contributed by atoms with Crippen LogP contribution in [-0.2, 0) is 13.0 Å². The minimum Gasteiger partial charge on any atom is -0.493 e. The van der Waals surface area contributed by atoms with Crippen molar-refractivity contribution in [2.24, 2.45) is 0 Å². The van der Waals surface area contributed by atoms with Crippen LogP contribution < -0.4 is 15.6 Å². The fraction of sp³-hybridized carbons (Fsp3) is 0.333. The van der Waals surface area contributed by atoms with Crippen molar-refractivity contribution in [3.63, 3.8) is 0 Å². The van der Waals surface area contributed by atoms with E-state index in [0.717, 1.165) is 18.9 Å². The number of anilines is 1. The predicted octanol–water partition coefficient (Wildman–Crippen LogP) is 3.63. The monoisotopic (exact) mass is 364 g/mol. The van der Waals surface area contributed by atoms with Crippen molar-refractivity contribution < 1.29 is 13.9 Å². The highest BCUT2D eigenvalue weighted by atomic mass is 35.5. The fourth-order valence-corrected chi connectivity index (χ4v) is 3.20. The topological polar surface area (TPSA) is 60.3 Å². The van der Waals surface area contributed by atoms with E-state index in [2.05, 4.69) is 5.32 Å². The number of nitrogens with one attached hydrogen (secondary N) is 1. The van der Waals surface area contributed by atoms with E-state index in [1.807, 2.05) is 0 Å². The third-order valence-electron chi connectivity index (χ3n) is 4.13. The molecule has 1 N–H and O–H groups in total. The third-order valence-corrected chi connectivity index (χ3v) is 4.46. The Morgan fingerprint density at radius 2 is 2.16 bits per heavy atom. The first-order chi connectivity index (χ1) is 12.0. The second-order valence-electron chi connectivity index (χ2n) is 5.79. The first-order valence-electron chi connectivity index (χ1n) is 8.17. The van der Waals surface area contributed by atoms with Crippen molar-refractivity contribution in [2.75, 3.05) is 11.9 Å². The molecule has 7 heteroatoms. The molecule has 2 aromatic rings. The van der Waals surface area contributed by atoms with Crippen LogP contribution in [0.5, 0.6) is 5.75 Å². The van der Waals surface area contributed by atoms with E-state index in [4.69, 9.17) is 16.3 Å². The molecule has 0 radical (unpaired) electrons. The van der Waals surface area contributed by atoms with Gasteiger partial charge in [-0.05, 0) is 44.4 Å². The number of fused-ring (bicyclic) bond motifs is 1. The van der Waals surface area contributed by atoms with Gasteiger partial charge in [0.25, 0.3) is 11.5 Å². The Bertz CT molecular complexity index is 879. The summed E-state index contributed by atoms with van der Waals surface area (Å²) in [7, 11) is 0. The zero-order valence-electron chi connectivity index (χ0n) is 13.8. The summed E-state index contributed by atoms with van der Waals surface area (Å²) in [6.07, 6.45) is 2.38. The van der Waals surface area contributed by atoms with Gasteiger partial charge < -0.3 is 14.6 Å². The number of amides is 1. The van der Waals surface area contributed by atoms with Crippen LogP contribution in [0.1, 0.15) is 35.8 Å². The van der Waals surface area contributed by atoms with Gasteiger partial charge in [-0.1, -0.05) is 11.6 Å². The summed E-state index contributed by atoms with van der Waals surface area (Å²) in [6, 6.07) is 5.08. The highest BCUT2D eigenvalue weighted by Gasteiger charge is 2.25. The van der Waals surface area contributed by atoms with Crippen LogP contribution in [0, 0.1) is 5.82 Å². The third kappa shape index (κ3) is 3.54. The lowest BCUT2D eigenvalue weighted by Gasteiger charge is -2.23. The van der Waals surface area contributed by atoms with Crippen molar-refractivity contribution in [3.05, 3.63) is 56.7 Å². The summed E-state index contributed by atoms with van der Waals surface area (Å²) < 4.78 is 20.6. The van der Waals surface area contributed by atoms with Gasteiger partial charge in [0.15, 0.2) is 0 Å². The molecular formula is C18H18ClFN2O3. The maximum absolute atomic E-state index is 13.4. The van der Waals surface area contributed by atoms with Crippen LogP contribution in [0.15, 0.2) is 29.1 Å². The van der Waals surface area contributed by atoms with Gasteiger partial charge in [0.05, 0.1) is 17.3 Å². The molecule has 0 fully saturated rings. The predicted molar refractivity (Wildman–Crippen MR) is 94.2 cm³/mol. The quantitative estimate of drug-likeness (QED) is 0.901. The van der Waals surface area contributed by atoms with Gasteiger partial charge in [0, 0.05) is 18.3 Å². The normalized spacial score (nSPS) is 13.2. The van der Waals surface area contributed by atoms with Crippen LogP contribution in [0.3, 0.4) is 0 Å². The standard InChI is InChI=1S/C18H18ClFN2O3/c1-2-25-15-10-16(23)22-8-4-3-5-14(22)17(15)18(24)21-13-9-11(20)6-7-12(13)19/h6-7,9-10H,2-5,8H2,1H3,(H,21,24).